The second-order valence-corrected chi connectivity index (χ2v) is 5.16. The Morgan fingerprint density at radius 3 is 2.67 bits per heavy atom. The number of nitrogens with zero attached hydrogens (tertiary/aromatic N) is 1. The van der Waals surface area contributed by atoms with Crippen LogP contribution in [-0.2, 0) is 10.0 Å². The van der Waals surface area contributed by atoms with Crippen LogP contribution in [-0.4, -0.2) is 19.5 Å². The summed E-state index contributed by atoms with van der Waals surface area (Å²) in [6, 6.07) is 2.93. The van der Waals surface area contributed by atoms with E-state index in [4.69, 9.17) is 21.5 Å². The highest BCUT2D eigenvalue weighted by molar-refractivity contribution is 7.89. The van der Waals surface area contributed by atoms with E-state index in [1.165, 1.54) is 12.1 Å². The fourth-order valence-corrected chi connectivity index (χ4v) is 1.88. The predicted molar refractivity (Wildman–Crippen MR) is 54.3 cm³/mol. The molecule has 5 nitrogen and oxygen atoms in total. The third kappa shape index (κ3) is 2.58. The Hall–Kier alpha value is -0.850. The van der Waals surface area contributed by atoms with E-state index in [0.717, 1.165) is 12.8 Å². The van der Waals surface area contributed by atoms with Gasteiger partial charge in [0.2, 0.25) is 5.03 Å². The van der Waals surface area contributed by atoms with Crippen LogP contribution in [0.5, 0.6) is 5.75 Å². The van der Waals surface area contributed by atoms with Gasteiger partial charge < -0.3 is 4.74 Å². The summed E-state index contributed by atoms with van der Waals surface area (Å²) >= 11 is 5.59. The molecule has 0 aromatic carbocycles. The second kappa shape index (κ2) is 3.62. The van der Waals surface area contributed by atoms with Crippen molar-refractivity contribution < 1.29 is 13.2 Å². The van der Waals surface area contributed by atoms with Crippen molar-refractivity contribution >= 4 is 21.6 Å². The number of sulfonamides is 1. The summed E-state index contributed by atoms with van der Waals surface area (Å²) in [5.41, 5.74) is 0. The van der Waals surface area contributed by atoms with Crippen molar-refractivity contribution in [2.24, 2.45) is 5.14 Å². The van der Waals surface area contributed by atoms with Gasteiger partial charge in [0.15, 0.2) is 5.75 Å². The minimum Gasteiger partial charge on any atom is -0.487 e. The van der Waals surface area contributed by atoms with Gasteiger partial charge in [-0.1, -0.05) is 11.6 Å². The number of ether oxygens (including phenoxy) is 1. The molecule has 1 aromatic rings. The first-order valence-electron chi connectivity index (χ1n) is 4.33. The Morgan fingerprint density at radius 2 is 2.13 bits per heavy atom. The molecule has 15 heavy (non-hydrogen) atoms. The van der Waals surface area contributed by atoms with Crippen LogP contribution in [0.2, 0.25) is 5.15 Å². The third-order valence-electron chi connectivity index (χ3n) is 1.88. The Balaban J connectivity index is 2.43. The zero-order valence-corrected chi connectivity index (χ0v) is 9.25. The van der Waals surface area contributed by atoms with Crippen molar-refractivity contribution in [3.05, 3.63) is 17.3 Å². The Labute approximate surface area is 92.3 Å². The number of primary sulfonamides is 1. The molecule has 1 aromatic heterocycles. The highest BCUT2D eigenvalue weighted by atomic mass is 35.5. The number of pyridine rings is 1. The summed E-state index contributed by atoms with van der Waals surface area (Å²) in [5, 5.41) is 4.76. The predicted octanol–water partition coefficient (Wildman–Crippen LogP) is 0.924. The summed E-state index contributed by atoms with van der Waals surface area (Å²) in [5.74, 6) is 0.171. The topological polar surface area (TPSA) is 82.3 Å². The monoisotopic (exact) mass is 248 g/mol. The Kier molecular flexibility index (Phi) is 2.57. The van der Waals surface area contributed by atoms with Crippen molar-refractivity contribution in [1.82, 2.24) is 4.98 Å². The van der Waals surface area contributed by atoms with Gasteiger partial charge in [-0.2, -0.15) is 0 Å². The van der Waals surface area contributed by atoms with Gasteiger partial charge in [-0.05, 0) is 25.0 Å². The maximum atomic E-state index is 11.2. The van der Waals surface area contributed by atoms with Crippen LogP contribution in [0.4, 0.5) is 0 Å². The number of hydrogen-bond acceptors (Lipinski definition) is 4. The molecule has 0 aliphatic heterocycles. The van der Waals surface area contributed by atoms with Gasteiger partial charge >= 0.3 is 0 Å². The van der Waals surface area contributed by atoms with Crippen LogP contribution in [0.25, 0.3) is 0 Å². The van der Waals surface area contributed by atoms with Crippen LogP contribution in [0, 0.1) is 0 Å². The summed E-state index contributed by atoms with van der Waals surface area (Å²) in [7, 11) is -3.89. The number of rotatable bonds is 3. The second-order valence-electron chi connectivity index (χ2n) is 3.30. The lowest BCUT2D eigenvalue weighted by Crippen LogP contribution is -2.16. The van der Waals surface area contributed by atoms with Gasteiger partial charge in [-0.25, -0.2) is 18.5 Å². The molecule has 1 saturated carbocycles. The molecular weight excluding hydrogens is 240 g/mol. The maximum absolute atomic E-state index is 11.2. The average Bonchev–Trinajstić information content (AvgIpc) is 2.90. The van der Waals surface area contributed by atoms with Crippen molar-refractivity contribution in [2.45, 2.75) is 24.0 Å². The molecule has 0 unspecified atom stereocenters. The lowest BCUT2D eigenvalue weighted by molar-refractivity contribution is 0.292. The fraction of sp³-hybridized carbons (Fsp3) is 0.375. The summed E-state index contributed by atoms with van der Waals surface area (Å²) in [6.07, 6.45) is 1.92. The molecule has 1 heterocycles. The standard InChI is InChI=1S/C8H9ClN2O3S/c9-7-4-3-6(14-5-1-2-5)8(11-7)15(10,12)13/h3-5H,1-2H2,(H2,10,12,13). The number of hydrogen-bond donors (Lipinski definition) is 1. The fourth-order valence-electron chi connectivity index (χ4n) is 1.06. The van der Waals surface area contributed by atoms with Crippen LogP contribution in [0.3, 0.4) is 0 Å². The molecule has 1 aliphatic rings. The van der Waals surface area contributed by atoms with Gasteiger partial charge in [-0.3, -0.25) is 0 Å². The van der Waals surface area contributed by atoms with Crippen LogP contribution in [0.15, 0.2) is 17.2 Å². The maximum Gasteiger partial charge on any atom is 0.259 e. The van der Waals surface area contributed by atoms with E-state index in [9.17, 15) is 8.42 Å². The van der Waals surface area contributed by atoms with Gasteiger partial charge in [0, 0.05) is 0 Å². The van der Waals surface area contributed by atoms with Crippen molar-refractivity contribution in [1.29, 1.82) is 0 Å². The minimum absolute atomic E-state index is 0.0715. The van der Waals surface area contributed by atoms with Crippen LogP contribution in [0.1, 0.15) is 12.8 Å². The van der Waals surface area contributed by atoms with Crippen molar-refractivity contribution in [3.8, 4) is 5.75 Å². The molecule has 1 aliphatic carbocycles. The largest absolute Gasteiger partial charge is 0.487 e. The molecule has 0 spiro atoms. The molecular formula is C8H9ClN2O3S. The zero-order valence-electron chi connectivity index (χ0n) is 7.68. The summed E-state index contributed by atoms with van der Waals surface area (Å²) in [4.78, 5) is 3.65. The van der Waals surface area contributed by atoms with E-state index in [2.05, 4.69) is 4.98 Å². The zero-order chi connectivity index (χ0) is 11.1. The van der Waals surface area contributed by atoms with E-state index in [1.807, 2.05) is 0 Å². The number of nitrogens with two attached hydrogens (primary N) is 1. The molecule has 2 rings (SSSR count). The minimum atomic E-state index is -3.89. The normalized spacial score (nSPS) is 16.4. The number of halogens is 1. The van der Waals surface area contributed by atoms with Crippen LogP contribution < -0.4 is 9.88 Å². The van der Waals surface area contributed by atoms with E-state index >= 15 is 0 Å². The van der Waals surface area contributed by atoms with E-state index in [-0.39, 0.29) is 22.0 Å². The molecule has 0 amide bonds. The first kappa shape index (κ1) is 10.7. The molecule has 0 radical (unpaired) electrons. The first-order valence-corrected chi connectivity index (χ1v) is 6.25. The van der Waals surface area contributed by atoms with E-state index in [0.29, 0.717) is 0 Å². The molecule has 1 fully saturated rings. The van der Waals surface area contributed by atoms with Gasteiger partial charge in [0.05, 0.1) is 6.10 Å². The highest BCUT2D eigenvalue weighted by Crippen LogP contribution is 2.30. The average molecular weight is 249 g/mol. The summed E-state index contributed by atoms with van der Waals surface area (Å²) in [6.45, 7) is 0. The lowest BCUT2D eigenvalue weighted by atomic mass is 10.4. The molecule has 0 bridgehead atoms. The van der Waals surface area contributed by atoms with Gasteiger partial charge in [-0.15, -0.1) is 0 Å². The molecule has 0 atom stereocenters. The van der Waals surface area contributed by atoms with Gasteiger partial charge in [0.1, 0.15) is 5.15 Å². The van der Waals surface area contributed by atoms with Crippen molar-refractivity contribution in [2.75, 3.05) is 0 Å². The smallest absolute Gasteiger partial charge is 0.259 e. The lowest BCUT2D eigenvalue weighted by Gasteiger charge is -2.08. The van der Waals surface area contributed by atoms with Gasteiger partial charge in [0.25, 0.3) is 10.0 Å². The molecule has 2 N–H and O–H groups in total. The third-order valence-corrected chi connectivity index (χ3v) is 2.92. The number of aromatic nitrogens is 1. The SMILES string of the molecule is NS(=O)(=O)c1nc(Cl)ccc1OC1CC1. The van der Waals surface area contributed by atoms with E-state index in [1.54, 1.807) is 0 Å². The quantitative estimate of drug-likeness (QED) is 0.807. The van der Waals surface area contributed by atoms with Crippen LogP contribution >= 0.6 is 11.6 Å². The Morgan fingerprint density at radius 1 is 1.47 bits per heavy atom. The Bertz CT molecular complexity index is 485. The molecule has 82 valence electrons. The highest BCUT2D eigenvalue weighted by Gasteiger charge is 2.27. The summed E-state index contributed by atoms with van der Waals surface area (Å²) < 4.78 is 27.7. The van der Waals surface area contributed by atoms with Crippen molar-refractivity contribution in [3.63, 3.8) is 0 Å². The first-order chi connectivity index (χ1) is 6.97. The molecule has 0 saturated heterocycles. The van der Waals surface area contributed by atoms with E-state index < -0.39 is 10.0 Å². The molecule has 7 heteroatoms.